The van der Waals surface area contributed by atoms with Crippen molar-refractivity contribution < 1.29 is 14.2 Å². The summed E-state index contributed by atoms with van der Waals surface area (Å²) in [6.45, 7) is 19.6. The predicted octanol–water partition coefficient (Wildman–Crippen LogP) is 8.21. The summed E-state index contributed by atoms with van der Waals surface area (Å²) < 4.78 is 14.5. The average molecular weight is 636 g/mol. The van der Waals surface area contributed by atoms with Crippen LogP contribution in [-0.4, -0.2) is 72.5 Å². The molecule has 9 heteroatoms. The predicted molar refractivity (Wildman–Crippen MR) is 195 cm³/mol. The monoisotopic (exact) mass is 635 g/mol. The van der Waals surface area contributed by atoms with E-state index in [2.05, 4.69) is 77.3 Å². The van der Waals surface area contributed by atoms with Crippen molar-refractivity contribution in [1.29, 1.82) is 0 Å². The number of rotatable bonds is 14. The van der Waals surface area contributed by atoms with E-state index in [0.717, 1.165) is 53.6 Å². The Labute approximate surface area is 276 Å². The van der Waals surface area contributed by atoms with Gasteiger partial charge in [-0.2, -0.15) is 0 Å². The fourth-order valence-corrected chi connectivity index (χ4v) is 3.77. The molecule has 0 saturated carbocycles. The van der Waals surface area contributed by atoms with Gasteiger partial charge in [-0.3, -0.25) is 9.98 Å². The van der Waals surface area contributed by atoms with Crippen LogP contribution in [0.2, 0.25) is 5.02 Å². The highest BCUT2D eigenvalue weighted by Gasteiger charge is 2.23. The van der Waals surface area contributed by atoms with Crippen LogP contribution in [0.15, 0.2) is 100 Å². The number of ether oxygens (including phenoxy) is 3. The second-order valence-corrected chi connectivity index (χ2v) is 9.62. The van der Waals surface area contributed by atoms with E-state index in [-0.39, 0.29) is 6.10 Å². The molecule has 244 valence electrons. The molecule has 1 aliphatic heterocycles. The van der Waals surface area contributed by atoms with E-state index in [4.69, 9.17) is 25.8 Å². The number of benzene rings is 2. The highest BCUT2D eigenvalue weighted by atomic mass is 35.5. The lowest BCUT2D eigenvalue weighted by Gasteiger charge is -2.32. The quantitative estimate of drug-likeness (QED) is 0.167. The number of aliphatic imine (C=N–C) groups is 3. The van der Waals surface area contributed by atoms with Crippen molar-refractivity contribution in [2.45, 2.75) is 39.7 Å². The molecule has 0 saturated heterocycles. The minimum Gasteiger partial charge on any atom is -0.385 e. The molecule has 0 amide bonds. The van der Waals surface area contributed by atoms with Gasteiger partial charge in [0.25, 0.3) is 0 Å². The third-order valence-electron chi connectivity index (χ3n) is 5.83. The fourth-order valence-electron chi connectivity index (χ4n) is 3.59. The van der Waals surface area contributed by atoms with Gasteiger partial charge in [-0.05, 0) is 62.9 Å². The van der Waals surface area contributed by atoms with Crippen molar-refractivity contribution in [3.63, 3.8) is 0 Å². The topological polar surface area (TPSA) is 80.0 Å². The molecule has 2 aromatic rings. The lowest BCUT2D eigenvalue weighted by molar-refractivity contribution is 0.0345. The van der Waals surface area contributed by atoms with E-state index in [1.165, 1.54) is 0 Å². The van der Waals surface area contributed by atoms with Gasteiger partial charge in [0, 0.05) is 50.5 Å². The van der Waals surface area contributed by atoms with Crippen LogP contribution in [0.4, 0.5) is 17.1 Å². The second kappa shape index (κ2) is 26.4. The third kappa shape index (κ3) is 17.2. The zero-order valence-electron chi connectivity index (χ0n) is 27.8. The van der Waals surface area contributed by atoms with E-state index < -0.39 is 0 Å². The van der Waals surface area contributed by atoms with Gasteiger partial charge in [-0.25, -0.2) is 4.99 Å². The number of terminal acetylenes is 1. The fraction of sp³-hybridized carbons (Fsp3) is 0.361. The largest absolute Gasteiger partial charge is 0.385 e. The Morgan fingerprint density at radius 1 is 1.16 bits per heavy atom. The zero-order chi connectivity index (χ0) is 33.9. The molecule has 0 bridgehead atoms. The van der Waals surface area contributed by atoms with Crippen LogP contribution < -0.4 is 10.2 Å². The number of nitrogens with one attached hydrogen (secondary N) is 1. The van der Waals surface area contributed by atoms with Crippen molar-refractivity contribution in [3.05, 3.63) is 90.3 Å². The maximum atomic E-state index is 6.12. The normalized spacial score (nSPS) is 12.3. The van der Waals surface area contributed by atoms with Gasteiger partial charge in [0.2, 0.25) is 0 Å². The maximum Gasteiger partial charge on any atom is 0.137 e. The standard InChI is InChI=1S/C17H15ClN2.C10H18N2O.C6H13NO2.C3H4/c1-3-15-12(2)20(14-8-6-7-13(18)11-14)17-10-5-4-9-16(17)19-15;1-4-10(2)12-8-6-5-7-11-9-13-3;1-7-4-6(9-3)5-8-2;1-3-2/h4-11H,2-3H2,1H3;5-7,12H,2,4,8-9H2,1,3H3;6H,1,4-5H2,2-3H3;1H,2H3/b;6-5-,11-7-;;. The Hall–Kier alpha value is -4.00. The molecule has 2 aromatic carbocycles. The average Bonchev–Trinajstić information content (AvgIpc) is 3.04. The first-order valence-corrected chi connectivity index (χ1v) is 14.9. The van der Waals surface area contributed by atoms with E-state index in [9.17, 15) is 0 Å². The maximum absolute atomic E-state index is 6.12. The van der Waals surface area contributed by atoms with Crippen LogP contribution in [0.1, 0.15) is 33.6 Å². The Balaban J connectivity index is 0.000000671. The van der Waals surface area contributed by atoms with Crippen LogP contribution in [0, 0.1) is 12.3 Å². The first-order chi connectivity index (χ1) is 21.8. The molecule has 0 spiro atoms. The molecule has 0 fully saturated rings. The Morgan fingerprint density at radius 2 is 1.87 bits per heavy atom. The number of hydrogen-bond donors (Lipinski definition) is 1. The molecule has 0 aliphatic carbocycles. The van der Waals surface area contributed by atoms with E-state index in [1.807, 2.05) is 54.6 Å². The van der Waals surface area contributed by atoms with Gasteiger partial charge in [0.1, 0.15) is 6.73 Å². The number of fused-ring (bicyclic) bond motifs is 1. The summed E-state index contributed by atoms with van der Waals surface area (Å²) in [6.07, 6.45) is 12.1. The van der Waals surface area contributed by atoms with Gasteiger partial charge in [0.15, 0.2) is 0 Å². The summed E-state index contributed by atoms with van der Waals surface area (Å²) in [6, 6.07) is 15.9. The first-order valence-electron chi connectivity index (χ1n) is 14.6. The summed E-state index contributed by atoms with van der Waals surface area (Å²) in [7, 11) is 4.89. The van der Waals surface area contributed by atoms with Crippen LogP contribution in [0.25, 0.3) is 0 Å². The Bertz CT molecular complexity index is 1280. The molecule has 1 atom stereocenters. The van der Waals surface area contributed by atoms with Crippen LogP contribution in [0.5, 0.6) is 0 Å². The third-order valence-corrected chi connectivity index (χ3v) is 6.06. The molecule has 1 N–H and O–H groups in total. The van der Waals surface area contributed by atoms with Gasteiger partial charge in [0.05, 0.1) is 42.0 Å². The van der Waals surface area contributed by atoms with Crippen LogP contribution >= 0.6 is 11.6 Å². The highest BCUT2D eigenvalue weighted by molar-refractivity contribution is 6.31. The molecule has 45 heavy (non-hydrogen) atoms. The molecule has 0 radical (unpaired) electrons. The van der Waals surface area contributed by atoms with Crippen LogP contribution in [0.3, 0.4) is 0 Å². The van der Waals surface area contributed by atoms with Gasteiger partial charge < -0.3 is 24.4 Å². The van der Waals surface area contributed by atoms with Gasteiger partial charge in [-0.15, -0.1) is 12.3 Å². The van der Waals surface area contributed by atoms with E-state index >= 15 is 0 Å². The number of para-hydroxylation sites is 2. The summed E-state index contributed by atoms with van der Waals surface area (Å²) in [4.78, 5) is 14.4. The molecule has 3 rings (SSSR count). The SMILES string of the molecule is C#CC.C=C(CC)NC/C=C\C=N/COC.C=C1C(CC)=Nc2ccccc2N1c1cccc(Cl)c1.C=NCC(COC)OC. The van der Waals surface area contributed by atoms with E-state index in [0.29, 0.717) is 24.9 Å². The number of hydrogen-bond acceptors (Lipinski definition) is 8. The summed E-state index contributed by atoms with van der Waals surface area (Å²) >= 11 is 6.12. The summed E-state index contributed by atoms with van der Waals surface area (Å²) in [5, 5.41) is 3.87. The summed E-state index contributed by atoms with van der Waals surface area (Å²) in [5.41, 5.74) is 5.99. The first kappa shape index (κ1) is 41.0. The number of anilines is 2. The zero-order valence-corrected chi connectivity index (χ0v) is 28.5. The smallest absolute Gasteiger partial charge is 0.137 e. The lowest BCUT2D eigenvalue weighted by atomic mass is 10.1. The lowest BCUT2D eigenvalue weighted by Crippen LogP contribution is -2.24. The molecular formula is C36H50ClN5O3. The molecule has 0 aromatic heterocycles. The second-order valence-electron chi connectivity index (χ2n) is 9.19. The summed E-state index contributed by atoms with van der Waals surface area (Å²) in [5.74, 6) is 2.25. The van der Waals surface area contributed by atoms with Crippen LogP contribution in [-0.2, 0) is 14.2 Å². The molecule has 1 unspecified atom stereocenters. The Morgan fingerprint density at radius 3 is 2.44 bits per heavy atom. The molecule has 8 nitrogen and oxygen atoms in total. The van der Waals surface area contributed by atoms with Crippen molar-refractivity contribution >= 4 is 47.3 Å². The van der Waals surface area contributed by atoms with E-state index in [1.54, 1.807) is 34.5 Å². The van der Waals surface area contributed by atoms with Gasteiger partial charge >= 0.3 is 0 Å². The minimum absolute atomic E-state index is 0.0625. The number of nitrogens with zero attached hydrogens (tertiary/aromatic N) is 4. The van der Waals surface area contributed by atoms with Crippen molar-refractivity contribution in [3.8, 4) is 12.3 Å². The molecule has 1 heterocycles. The van der Waals surface area contributed by atoms with Crippen molar-refractivity contribution in [2.24, 2.45) is 15.0 Å². The van der Waals surface area contributed by atoms with Crippen molar-refractivity contribution in [1.82, 2.24) is 5.32 Å². The van der Waals surface area contributed by atoms with Gasteiger partial charge in [-0.1, -0.05) is 62.9 Å². The number of halogens is 1. The molecule has 1 aliphatic rings. The van der Waals surface area contributed by atoms with Crippen molar-refractivity contribution in [2.75, 3.05) is 52.7 Å². The Kier molecular flexibility index (Phi) is 24.1. The number of allylic oxidation sites excluding steroid dienone is 3. The highest BCUT2D eigenvalue weighted by Crippen LogP contribution is 2.41. The number of methoxy groups -OCH3 is 3. The molecular weight excluding hydrogens is 586 g/mol. The minimum atomic E-state index is 0.0625.